The number of hydrogen-bond acceptors (Lipinski definition) is 8. The van der Waals surface area contributed by atoms with Crippen molar-refractivity contribution in [1.29, 1.82) is 0 Å². The number of carbonyl (C=O) groups is 3. The van der Waals surface area contributed by atoms with E-state index >= 15 is 0 Å². The van der Waals surface area contributed by atoms with Crippen LogP contribution in [0.3, 0.4) is 0 Å². The number of rotatable bonds is 4. The van der Waals surface area contributed by atoms with E-state index < -0.39 is 27.8 Å². The Morgan fingerprint density at radius 2 is 2.04 bits per heavy atom. The maximum Gasteiger partial charge on any atom is 0.350 e. The number of ether oxygens (including phenoxy) is 1. The van der Waals surface area contributed by atoms with Crippen LogP contribution in [0.25, 0.3) is 0 Å². The normalized spacial score (nSPS) is 17.4. The Morgan fingerprint density at radius 3 is 2.68 bits per heavy atom. The highest BCUT2D eigenvalue weighted by atomic mass is 32.2. The molecule has 2 aliphatic rings. The van der Waals surface area contributed by atoms with Crippen molar-refractivity contribution in [1.82, 2.24) is 9.29 Å². The van der Waals surface area contributed by atoms with Crippen LogP contribution in [0.1, 0.15) is 48.9 Å². The van der Waals surface area contributed by atoms with Gasteiger partial charge in [0, 0.05) is 11.6 Å². The quantitative estimate of drug-likeness (QED) is 0.747. The van der Waals surface area contributed by atoms with Crippen LogP contribution in [0.2, 0.25) is 0 Å². The first-order valence-electron chi connectivity index (χ1n) is 8.34. The topological polar surface area (TPSA) is 123 Å². The Kier molecular flexibility index (Phi) is 4.23. The highest BCUT2D eigenvalue weighted by molar-refractivity contribution is 7.90. The van der Waals surface area contributed by atoms with Crippen LogP contribution in [0.4, 0.5) is 5.13 Å². The number of aromatic nitrogens is 1. The summed E-state index contributed by atoms with van der Waals surface area (Å²) in [6, 6.07) is 3.64. The van der Waals surface area contributed by atoms with Crippen molar-refractivity contribution in [3.63, 3.8) is 0 Å². The summed E-state index contributed by atoms with van der Waals surface area (Å²) in [5, 5.41) is 2.72. The molecular formula is C17H15N3O6S2. The fraction of sp³-hybridized carbons (Fsp3) is 0.294. The molecule has 1 aromatic heterocycles. The molecule has 0 bridgehead atoms. The van der Waals surface area contributed by atoms with E-state index in [1.54, 1.807) is 6.92 Å². The van der Waals surface area contributed by atoms with Gasteiger partial charge in [0.15, 0.2) is 5.13 Å². The van der Waals surface area contributed by atoms with Gasteiger partial charge in [-0.05, 0) is 38.0 Å². The average Bonchev–Trinajstić information content (AvgIpc) is 3.38. The van der Waals surface area contributed by atoms with E-state index in [-0.39, 0.29) is 32.1 Å². The van der Waals surface area contributed by atoms with Crippen LogP contribution in [0, 0.1) is 6.92 Å². The van der Waals surface area contributed by atoms with E-state index in [9.17, 15) is 22.8 Å². The summed E-state index contributed by atoms with van der Waals surface area (Å²) >= 11 is 0.955. The number of esters is 1. The van der Waals surface area contributed by atoms with Crippen LogP contribution >= 0.6 is 11.3 Å². The van der Waals surface area contributed by atoms with Crippen molar-refractivity contribution in [2.45, 2.75) is 30.7 Å². The van der Waals surface area contributed by atoms with Crippen molar-refractivity contribution >= 4 is 44.3 Å². The lowest BCUT2D eigenvalue weighted by Crippen LogP contribution is -2.31. The molecule has 0 radical (unpaired) electrons. The SMILES string of the molecule is COC(=O)c1sc(NC(=O)c2ccc3c(c2)S(=O)(=O)N(C2CC2)C3=O)nc1C. The Hall–Kier alpha value is -2.79. The van der Waals surface area contributed by atoms with Crippen LogP contribution in [-0.2, 0) is 14.8 Å². The molecule has 0 atom stereocenters. The minimum atomic E-state index is -3.95. The predicted molar refractivity (Wildman–Crippen MR) is 99.0 cm³/mol. The van der Waals surface area contributed by atoms with Crippen molar-refractivity contribution in [3.05, 3.63) is 39.9 Å². The van der Waals surface area contributed by atoms with Gasteiger partial charge >= 0.3 is 5.97 Å². The Morgan fingerprint density at radius 1 is 1.32 bits per heavy atom. The molecule has 0 spiro atoms. The zero-order chi connectivity index (χ0) is 20.2. The number of amides is 2. The Bertz CT molecular complexity index is 1130. The molecule has 28 heavy (non-hydrogen) atoms. The second kappa shape index (κ2) is 6.38. The second-order valence-corrected chi connectivity index (χ2v) is 9.21. The van der Waals surface area contributed by atoms with Crippen molar-refractivity contribution < 1.29 is 27.5 Å². The summed E-state index contributed by atoms with van der Waals surface area (Å²) in [5.74, 6) is -1.71. The number of hydrogen-bond donors (Lipinski definition) is 1. The molecule has 11 heteroatoms. The first-order valence-corrected chi connectivity index (χ1v) is 10.6. The number of fused-ring (bicyclic) bond motifs is 1. The number of methoxy groups -OCH3 is 1. The number of nitrogens with zero attached hydrogens (tertiary/aromatic N) is 2. The molecule has 9 nitrogen and oxygen atoms in total. The molecule has 1 aliphatic heterocycles. The summed E-state index contributed by atoms with van der Waals surface area (Å²) in [7, 11) is -2.70. The minimum Gasteiger partial charge on any atom is -0.465 e. The van der Waals surface area contributed by atoms with Crippen molar-refractivity contribution in [2.75, 3.05) is 12.4 Å². The smallest absolute Gasteiger partial charge is 0.350 e. The molecule has 2 amide bonds. The maximum absolute atomic E-state index is 12.7. The highest BCUT2D eigenvalue weighted by Gasteiger charge is 2.48. The number of nitrogens with one attached hydrogen (secondary N) is 1. The molecule has 0 saturated heterocycles. The first-order chi connectivity index (χ1) is 13.2. The Balaban J connectivity index is 1.62. The number of sulfonamides is 1. The monoisotopic (exact) mass is 421 g/mol. The van der Waals surface area contributed by atoms with Gasteiger partial charge in [0.1, 0.15) is 9.77 Å². The number of thiazole rings is 1. The van der Waals surface area contributed by atoms with E-state index in [1.807, 2.05) is 0 Å². The molecule has 2 heterocycles. The van der Waals surface area contributed by atoms with E-state index in [4.69, 9.17) is 0 Å². The van der Waals surface area contributed by atoms with Gasteiger partial charge < -0.3 is 4.74 Å². The summed E-state index contributed by atoms with van der Waals surface area (Å²) in [6.45, 7) is 1.61. The number of aryl methyl sites for hydroxylation is 1. The lowest BCUT2D eigenvalue weighted by atomic mass is 10.1. The van der Waals surface area contributed by atoms with E-state index in [2.05, 4.69) is 15.0 Å². The van der Waals surface area contributed by atoms with Gasteiger partial charge in [-0.3, -0.25) is 14.9 Å². The first kappa shape index (κ1) is 18.6. The van der Waals surface area contributed by atoms with E-state index in [0.29, 0.717) is 18.5 Å². The van der Waals surface area contributed by atoms with E-state index in [1.165, 1.54) is 25.3 Å². The van der Waals surface area contributed by atoms with Crippen molar-refractivity contribution in [2.24, 2.45) is 0 Å². The highest BCUT2D eigenvalue weighted by Crippen LogP contribution is 2.39. The zero-order valence-corrected chi connectivity index (χ0v) is 16.5. The molecule has 1 aromatic carbocycles. The number of carbonyl (C=O) groups excluding carboxylic acids is 3. The fourth-order valence-corrected chi connectivity index (χ4v) is 5.68. The zero-order valence-electron chi connectivity index (χ0n) is 14.9. The van der Waals surface area contributed by atoms with Crippen LogP contribution < -0.4 is 5.32 Å². The van der Waals surface area contributed by atoms with Crippen molar-refractivity contribution in [3.8, 4) is 0 Å². The van der Waals surface area contributed by atoms with Crippen LogP contribution in [-0.4, -0.2) is 48.6 Å². The fourth-order valence-electron chi connectivity index (χ4n) is 2.96. The van der Waals surface area contributed by atoms with Gasteiger partial charge in [0.25, 0.3) is 21.8 Å². The molecule has 1 saturated carbocycles. The van der Waals surface area contributed by atoms with Crippen LogP contribution in [0.15, 0.2) is 23.1 Å². The molecular weight excluding hydrogens is 406 g/mol. The third-order valence-corrected chi connectivity index (χ3v) is 7.41. The lowest BCUT2D eigenvalue weighted by Gasteiger charge is -2.13. The van der Waals surface area contributed by atoms with Gasteiger partial charge in [-0.1, -0.05) is 11.3 Å². The molecule has 1 N–H and O–H groups in total. The largest absolute Gasteiger partial charge is 0.465 e. The Labute approximate surface area is 164 Å². The molecule has 4 rings (SSSR count). The third kappa shape index (κ3) is 2.87. The van der Waals surface area contributed by atoms with Gasteiger partial charge in [0.05, 0.1) is 18.4 Å². The average molecular weight is 421 g/mol. The molecule has 1 fully saturated rings. The lowest BCUT2D eigenvalue weighted by molar-refractivity contribution is 0.0604. The van der Waals surface area contributed by atoms with Gasteiger partial charge in [-0.2, -0.15) is 0 Å². The number of anilines is 1. The summed E-state index contributed by atoms with van der Waals surface area (Å²) in [4.78, 5) is 40.8. The van der Waals surface area contributed by atoms with Gasteiger partial charge in [-0.15, -0.1) is 0 Å². The summed E-state index contributed by atoms with van der Waals surface area (Å²) in [6.07, 6.45) is 1.30. The maximum atomic E-state index is 12.7. The van der Waals surface area contributed by atoms with Gasteiger partial charge in [-0.25, -0.2) is 22.5 Å². The minimum absolute atomic E-state index is 0.0697. The summed E-state index contributed by atoms with van der Waals surface area (Å²) < 4.78 is 30.9. The van der Waals surface area contributed by atoms with Gasteiger partial charge in [0.2, 0.25) is 0 Å². The second-order valence-electron chi connectivity index (χ2n) is 6.43. The molecule has 146 valence electrons. The molecule has 0 unspecified atom stereocenters. The summed E-state index contributed by atoms with van der Waals surface area (Å²) in [5.41, 5.74) is 0.552. The third-order valence-electron chi connectivity index (χ3n) is 4.48. The van der Waals surface area contributed by atoms with Crippen LogP contribution in [0.5, 0.6) is 0 Å². The number of benzene rings is 1. The molecule has 2 aromatic rings. The predicted octanol–water partition coefficient (Wildman–Crippen LogP) is 1.80. The standard InChI is InChI=1S/C17H15N3O6S2/c1-8-13(16(23)26-2)27-17(18-8)19-14(21)9-3-6-11-12(7-9)28(24,25)20(15(11)22)10-4-5-10/h3,6-7,10H,4-5H2,1-2H3,(H,18,19,21). The van der Waals surface area contributed by atoms with E-state index in [0.717, 1.165) is 15.6 Å². The molecule has 1 aliphatic carbocycles.